The normalized spacial score (nSPS) is 13.9. The monoisotopic (exact) mass is 1460 g/mol. The van der Waals surface area contributed by atoms with Crippen LogP contribution in [-0.4, -0.2) is 96.7 Å². The van der Waals surface area contributed by atoms with Crippen molar-refractivity contribution in [1.29, 1.82) is 0 Å². The molecule has 0 saturated carbocycles. The molecule has 19 heteroatoms. The quantitative estimate of drug-likeness (QED) is 0.0169. The Kier molecular flexibility index (Phi) is 73.0. The molecule has 0 aliphatic carbocycles. The van der Waals surface area contributed by atoms with Gasteiger partial charge in [0.2, 0.25) is 0 Å². The van der Waals surface area contributed by atoms with Crippen LogP contribution in [0, 0.1) is 0 Å². The van der Waals surface area contributed by atoms with Crippen LogP contribution in [-0.2, 0) is 65.4 Å². The number of phosphoric ester groups is 2. The van der Waals surface area contributed by atoms with E-state index in [0.29, 0.717) is 25.7 Å². The number of phosphoric acid groups is 2. The largest absolute Gasteiger partial charge is 0.472 e. The van der Waals surface area contributed by atoms with Crippen LogP contribution in [0.5, 0.6) is 0 Å². The van der Waals surface area contributed by atoms with Gasteiger partial charge in [-0.25, -0.2) is 9.13 Å². The fourth-order valence-corrected chi connectivity index (χ4v) is 13.7. The third kappa shape index (κ3) is 73.8. The molecule has 0 radical (unpaired) electrons. The van der Waals surface area contributed by atoms with E-state index in [1.807, 2.05) is 0 Å². The van der Waals surface area contributed by atoms with Crippen LogP contribution >= 0.6 is 15.6 Å². The maximum Gasteiger partial charge on any atom is 0.472 e. The number of ether oxygens (including phenoxy) is 4. The van der Waals surface area contributed by atoms with Crippen LogP contribution < -0.4 is 0 Å². The Morgan fingerprint density at radius 2 is 0.480 bits per heavy atom. The van der Waals surface area contributed by atoms with E-state index in [1.54, 1.807) is 0 Å². The molecule has 0 saturated heterocycles. The second kappa shape index (κ2) is 74.8. The Balaban J connectivity index is 5.29. The van der Waals surface area contributed by atoms with E-state index in [1.165, 1.54) is 231 Å². The fourth-order valence-electron chi connectivity index (χ4n) is 12.1. The van der Waals surface area contributed by atoms with E-state index in [9.17, 15) is 43.2 Å². The minimum atomic E-state index is -4.97. The van der Waals surface area contributed by atoms with Crippen molar-refractivity contribution in [2.24, 2.45) is 0 Å². The molecule has 0 aromatic carbocycles. The number of carbonyl (C=O) groups excluding carboxylic acids is 4. The standard InChI is InChI=1S/C81H154O17P2/c1-5-9-13-17-21-25-29-33-36-38-41-44-48-52-56-60-64-68-81(86)98-77(72-92-79(84)66-62-58-54-50-46-42-40-37-34-30-26-22-18-14-10-6-2)74-96-100(89,90)94-70-75(82)69-93-99(87,88)95-73-76(71-91-78(83)65-61-57-53-49-45-32-28-24-20-16-12-8-4)97-80(85)67-63-59-55-51-47-43-39-35-31-27-23-19-15-11-7-3/h27,31,35,39,75-77,82H,5-26,28-30,32-34,36-38,40-74H2,1-4H3,(H,87,88)(H,89,90)/b31-27-,39-35-/t75-,76+,77+/m0/s1. The zero-order valence-electron chi connectivity index (χ0n) is 64.7. The van der Waals surface area contributed by atoms with Gasteiger partial charge in [0.1, 0.15) is 19.3 Å². The Bertz CT molecular complexity index is 1990. The molecule has 17 nitrogen and oxygen atoms in total. The van der Waals surface area contributed by atoms with E-state index in [2.05, 4.69) is 52.0 Å². The predicted molar refractivity (Wildman–Crippen MR) is 409 cm³/mol. The van der Waals surface area contributed by atoms with Crippen LogP contribution in [0.1, 0.15) is 413 Å². The van der Waals surface area contributed by atoms with Crippen molar-refractivity contribution in [3.63, 3.8) is 0 Å². The number of allylic oxidation sites excluding steroid dienone is 4. The highest BCUT2D eigenvalue weighted by molar-refractivity contribution is 7.47. The zero-order chi connectivity index (χ0) is 73.2. The van der Waals surface area contributed by atoms with Crippen molar-refractivity contribution in [2.45, 2.75) is 431 Å². The number of aliphatic hydroxyl groups excluding tert-OH is 1. The number of rotatable bonds is 80. The molecule has 0 aliphatic rings. The van der Waals surface area contributed by atoms with Gasteiger partial charge in [-0.3, -0.25) is 37.3 Å². The first-order chi connectivity index (χ1) is 48.7. The minimum absolute atomic E-state index is 0.0860. The van der Waals surface area contributed by atoms with Crippen LogP contribution in [0.4, 0.5) is 0 Å². The lowest BCUT2D eigenvalue weighted by Crippen LogP contribution is -2.30. The van der Waals surface area contributed by atoms with E-state index in [4.69, 9.17) is 37.0 Å². The molecule has 5 atom stereocenters. The Morgan fingerprint density at radius 3 is 0.730 bits per heavy atom. The van der Waals surface area contributed by atoms with E-state index in [-0.39, 0.29) is 25.7 Å². The van der Waals surface area contributed by atoms with Gasteiger partial charge in [-0.15, -0.1) is 0 Å². The summed E-state index contributed by atoms with van der Waals surface area (Å²) in [6, 6.07) is 0. The molecular weight excluding hydrogens is 1310 g/mol. The molecule has 0 fully saturated rings. The Hall–Kier alpha value is -2.46. The molecule has 0 bridgehead atoms. The maximum atomic E-state index is 13.1. The smallest absolute Gasteiger partial charge is 0.462 e. The summed E-state index contributed by atoms with van der Waals surface area (Å²) in [6.07, 6.45) is 70.0. The van der Waals surface area contributed by atoms with Crippen LogP contribution in [0.25, 0.3) is 0 Å². The number of hydrogen-bond donors (Lipinski definition) is 3. The van der Waals surface area contributed by atoms with Gasteiger partial charge in [0.05, 0.1) is 26.4 Å². The van der Waals surface area contributed by atoms with E-state index < -0.39 is 97.5 Å². The summed E-state index contributed by atoms with van der Waals surface area (Å²) in [5.74, 6) is -2.13. The highest BCUT2D eigenvalue weighted by Crippen LogP contribution is 2.45. The first kappa shape index (κ1) is 97.5. The molecule has 0 aromatic heterocycles. The number of carbonyl (C=O) groups is 4. The molecule has 3 N–H and O–H groups in total. The van der Waals surface area contributed by atoms with Crippen molar-refractivity contribution < 1.29 is 80.2 Å². The average molecular weight is 1460 g/mol. The maximum absolute atomic E-state index is 13.1. The summed E-state index contributed by atoms with van der Waals surface area (Å²) < 4.78 is 68.7. The first-order valence-electron chi connectivity index (χ1n) is 41.6. The Labute approximate surface area is 612 Å². The average Bonchev–Trinajstić information content (AvgIpc) is 1.04. The third-order valence-electron chi connectivity index (χ3n) is 18.5. The first-order valence-corrected chi connectivity index (χ1v) is 44.6. The van der Waals surface area contributed by atoms with Gasteiger partial charge >= 0.3 is 39.5 Å². The molecule has 0 heterocycles. The molecule has 2 unspecified atom stereocenters. The van der Waals surface area contributed by atoms with Gasteiger partial charge in [0.15, 0.2) is 12.2 Å². The topological polar surface area (TPSA) is 237 Å². The molecule has 0 rings (SSSR count). The summed E-state index contributed by atoms with van der Waals surface area (Å²) in [7, 11) is -9.93. The second-order valence-electron chi connectivity index (χ2n) is 28.5. The predicted octanol–water partition coefficient (Wildman–Crippen LogP) is 24.1. The number of hydrogen-bond acceptors (Lipinski definition) is 15. The lowest BCUT2D eigenvalue weighted by atomic mass is 10.0. The lowest BCUT2D eigenvalue weighted by Gasteiger charge is -2.21. The van der Waals surface area contributed by atoms with Crippen molar-refractivity contribution in [2.75, 3.05) is 39.6 Å². The summed E-state index contributed by atoms with van der Waals surface area (Å²) >= 11 is 0. The van der Waals surface area contributed by atoms with Crippen molar-refractivity contribution >= 4 is 39.5 Å². The second-order valence-corrected chi connectivity index (χ2v) is 31.4. The van der Waals surface area contributed by atoms with Gasteiger partial charge in [-0.05, 0) is 51.4 Å². The lowest BCUT2D eigenvalue weighted by molar-refractivity contribution is -0.161. The van der Waals surface area contributed by atoms with Gasteiger partial charge in [0.25, 0.3) is 0 Å². The SMILES string of the molecule is CCCCCC/C=C\C=C/CCCCCCCC(=O)O[C@H](COC(=O)CCCCCCCCCCCCCC)COP(=O)(O)OC[C@H](O)COP(=O)(O)OC[C@@H](COC(=O)CCCCCCCCCCCCCCCCCC)OC(=O)CCCCCCCCCCCCCCCCCCC. The summed E-state index contributed by atoms with van der Waals surface area (Å²) in [4.78, 5) is 73.0. The molecular formula is C81H154O17P2. The van der Waals surface area contributed by atoms with Crippen LogP contribution in [0.2, 0.25) is 0 Å². The van der Waals surface area contributed by atoms with Gasteiger partial charge in [-0.2, -0.15) is 0 Å². The van der Waals surface area contributed by atoms with E-state index >= 15 is 0 Å². The highest BCUT2D eigenvalue weighted by Gasteiger charge is 2.30. The summed E-state index contributed by atoms with van der Waals surface area (Å²) in [6.45, 7) is 4.97. The number of aliphatic hydroxyl groups is 1. The minimum Gasteiger partial charge on any atom is -0.462 e. The van der Waals surface area contributed by atoms with Gasteiger partial charge in [-0.1, -0.05) is 360 Å². The molecule has 590 valence electrons. The Morgan fingerprint density at radius 1 is 0.280 bits per heavy atom. The molecule has 0 aromatic rings. The summed E-state index contributed by atoms with van der Waals surface area (Å²) in [5, 5.41) is 10.6. The van der Waals surface area contributed by atoms with E-state index in [0.717, 1.165) is 103 Å². The van der Waals surface area contributed by atoms with Crippen molar-refractivity contribution in [3.8, 4) is 0 Å². The highest BCUT2D eigenvalue weighted by atomic mass is 31.2. The van der Waals surface area contributed by atoms with Crippen LogP contribution in [0.15, 0.2) is 24.3 Å². The molecule has 0 spiro atoms. The van der Waals surface area contributed by atoms with Gasteiger partial charge < -0.3 is 33.8 Å². The van der Waals surface area contributed by atoms with Crippen LogP contribution in [0.3, 0.4) is 0 Å². The summed E-state index contributed by atoms with van der Waals surface area (Å²) in [5.41, 5.74) is 0. The molecule has 0 aliphatic heterocycles. The number of unbranched alkanes of at least 4 members (excludes halogenated alkanes) is 51. The zero-order valence-corrected chi connectivity index (χ0v) is 66.5. The third-order valence-corrected chi connectivity index (χ3v) is 20.4. The fraction of sp³-hybridized carbons (Fsp3) is 0.901. The van der Waals surface area contributed by atoms with Crippen molar-refractivity contribution in [1.82, 2.24) is 0 Å². The van der Waals surface area contributed by atoms with Gasteiger partial charge in [0, 0.05) is 25.7 Å². The molecule has 0 amide bonds. The van der Waals surface area contributed by atoms with Crippen molar-refractivity contribution in [3.05, 3.63) is 24.3 Å². The molecule has 100 heavy (non-hydrogen) atoms. The number of esters is 4.